The SMILES string of the molecule is CC1(C)CCN(S(=O)(=O)c2cc(CO)ccc2F)CC1. The Bertz CT molecular complexity index is 588. The van der Waals surface area contributed by atoms with E-state index in [4.69, 9.17) is 5.11 Å². The molecule has 1 aliphatic heterocycles. The summed E-state index contributed by atoms with van der Waals surface area (Å²) >= 11 is 0. The number of benzene rings is 1. The Labute approximate surface area is 119 Å². The van der Waals surface area contributed by atoms with Crippen molar-refractivity contribution in [3.8, 4) is 0 Å². The number of piperidine rings is 1. The Kier molecular flexibility index (Phi) is 4.18. The van der Waals surface area contributed by atoms with E-state index in [2.05, 4.69) is 13.8 Å². The second-order valence-electron chi connectivity index (χ2n) is 5.99. The van der Waals surface area contributed by atoms with Crippen molar-refractivity contribution in [2.24, 2.45) is 5.41 Å². The highest BCUT2D eigenvalue weighted by molar-refractivity contribution is 7.89. The second kappa shape index (κ2) is 5.42. The Morgan fingerprint density at radius 1 is 1.30 bits per heavy atom. The average molecular weight is 301 g/mol. The number of hydrogen-bond acceptors (Lipinski definition) is 3. The summed E-state index contributed by atoms with van der Waals surface area (Å²) in [6, 6.07) is 3.68. The van der Waals surface area contributed by atoms with Gasteiger partial charge in [0.05, 0.1) is 6.61 Å². The Hall–Kier alpha value is -0.980. The van der Waals surface area contributed by atoms with Crippen LogP contribution in [-0.4, -0.2) is 30.9 Å². The Balaban J connectivity index is 2.31. The molecule has 6 heteroatoms. The first-order chi connectivity index (χ1) is 9.26. The zero-order chi connectivity index (χ0) is 15.0. The summed E-state index contributed by atoms with van der Waals surface area (Å²) in [4.78, 5) is -0.344. The van der Waals surface area contributed by atoms with E-state index in [1.54, 1.807) is 0 Å². The number of aliphatic hydroxyl groups excluding tert-OH is 1. The van der Waals surface area contributed by atoms with Gasteiger partial charge in [0, 0.05) is 13.1 Å². The molecule has 20 heavy (non-hydrogen) atoms. The van der Waals surface area contributed by atoms with Crippen LogP contribution in [0, 0.1) is 11.2 Å². The van der Waals surface area contributed by atoms with Crippen LogP contribution in [0.5, 0.6) is 0 Å². The van der Waals surface area contributed by atoms with Crippen molar-refractivity contribution < 1.29 is 17.9 Å². The Morgan fingerprint density at radius 2 is 1.90 bits per heavy atom. The molecule has 0 amide bonds. The van der Waals surface area contributed by atoms with Gasteiger partial charge in [-0.15, -0.1) is 0 Å². The van der Waals surface area contributed by atoms with E-state index in [1.807, 2.05) is 0 Å². The predicted octanol–water partition coefficient (Wildman–Crippen LogP) is 2.13. The maximum Gasteiger partial charge on any atom is 0.245 e. The molecule has 0 saturated carbocycles. The minimum atomic E-state index is -3.83. The molecule has 0 aliphatic carbocycles. The molecule has 0 unspecified atom stereocenters. The molecule has 0 aromatic heterocycles. The summed E-state index contributed by atoms with van der Waals surface area (Å²) in [6.07, 6.45) is 1.51. The summed E-state index contributed by atoms with van der Waals surface area (Å²) in [6.45, 7) is 4.69. The van der Waals surface area contributed by atoms with E-state index in [1.165, 1.54) is 16.4 Å². The first-order valence-corrected chi connectivity index (χ1v) is 8.10. The summed E-state index contributed by atoms with van der Waals surface area (Å²) in [5.74, 6) is -0.771. The van der Waals surface area contributed by atoms with Crippen LogP contribution in [0.25, 0.3) is 0 Å². The van der Waals surface area contributed by atoms with Gasteiger partial charge in [0.25, 0.3) is 0 Å². The molecular weight excluding hydrogens is 281 g/mol. The van der Waals surface area contributed by atoms with Gasteiger partial charge in [0.15, 0.2) is 0 Å². The van der Waals surface area contributed by atoms with Gasteiger partial charge in [-0.2, -0.15) is 4.31 Å². The van der Waals surface area contributed by atoms with Crippen LogP contribution in [0.4, 0.5) is 4.39 Å². The van der Waals surface area contributed by atoms with Crippen molar-refractivity contribution in [2.75, 3.05) is 13.1 Å². The third-order valence-electron chi connectivity index (χ3n) is 3.87. The van der Waals surface area contributed by atoms with Gasteiger partial charge in [-0.1, -0.05) is 19.9 Å². The molecule has 0 spiro atoms. The van der Waals surface area contributed by atoms with Crippen molar-refractivity contribution in [3.63, 3.8) is 0 Å². The molecule has 0 atom stereocenters. The molecule has 1 fully saturated rings. The number of sulfonamides is 1. The molecule has 2 rings (SSSR count). The smallest absolute Gasteiger partial charge is 0.245 e. The van der Waals surface area contributed by atoms with Crippen LogP contribution in [0.2, 0.25) is 0 Å². The molecule has 1 heterocycles. The van der Waals surface area contributed by atoms with Gasteiger partial charge < -0.3 is 5.11 Å². The first kappa shape index (κ1) is 15.4. The lowest BCUT2D eigenvalue weighted by atomic mass is 9.83. The van der Waals surface area contributed by atoms with E-state index in [-0.39, 0.29) is 16.9 Å². The highest BCUT2D eigenvalue weighted by atomic mass is 32.2. The van der Waals surface area contributed by atoms with Gasteiger partial charge >= 0.3 is 0 Å². The number of hydrogen-bond donors (Lipinski definition) is 1. The second-order valence-corrected chi connectivity index (χ2v) is 7.90. The molecule has 1 N–H and O–H groups in total. The molecule has 0 bridgehead atoms. The predicted molar refractivity (Wildman–Crippen MR) is 74.1 cm³/mol. The third kappa shape index (κ3) is 3.02. The van der Waals surface area contributed by atoms with Crippen molar-refractivity contribution in [3.05, 3.63) is 29.6 Å². The molecular formula is C14H20FNO3S. The fourth-order valence-corrected chi connectivity index (χ4v) is 3.87. The van der Waals surface area contributed by atoms with E-state index < -0.39 is 15.8 Å². The molecule has 1 aliphatic rings. The highest BCUT2D eigenvalue weighted by Gasteiger charge is 2.34. The van der Waals surface area contributed by atoms with E-state index in [0.29, 0.717) is 18.7 Å². The summed E-state index contributed by atoms with van der Waals surface area (Å²) in [5.41, 5.74) is 0.514. The third-order valence-corrected chi connectivity index (χ3v) is 5.79. The minimum absolute atomic E-state index is 0.123. The number of aliphatic hydroxyl groups is 1. The topological polar surface area (TPSA) is 57.6 Å². The van der Waals surface area contributed by atoms with E-state index in [0.717, 1.165) is 18.9 Å². The van der Waals surface area contributed by atoms with Crippen LogP contribution in [0.3, 0.4) is 0 Å². The normalized spacial score (nSPS) is 20.0. The minimum Gasteiger partial charge on any atom is -0.392 e. The zero-order valence-electron chi connectivity index (χ0n) is 11.8. The number of halogens is 1. The largest absolute Gasteiger partial charge is 0.392 e. The average Bonchev–Trinajstić information content (AvgIpc) is 2.38. The number of nitrogens with zero attached hydrogens (tertiary/aromatic N) is 1. The van der Waals surface area contributed by atoms with E-state index in [9.17, 15) is 12.8 Å². The maximum atomic E-state index is 13.8. The van der Waals surface area contributed by atoms with Crippen LogP contribution in [0.15, 0.2) is 23.1 Å². The van der Waals surface area contributed by atoms with Gasteiger partial charge in [-0.3, -0.25) is 0 Å². The summed E-state index contributed by atoms with van der Waals surface area (Å²) in [5, 5.41) is 9.07. The lowest BCUT2D eigenvalue weighted by molar-refractivity contribution is 0.195. The fraction of sp³-hybridized carbons (Fsp3) is 0.571. The monoisotopic (exact) mass is 301 g/mol. The highest BCUT2D eigenvalue weighted by Crippen LogP contribution is 2.33. The number of rotatable bonds is 3. The lowest BCUT2D eigenvalue weighted by Crippen LogP contribution is -2.41. The molecule has 4 nitrogen and oxygen atoms in total. The van der Waals surface area contributed by atoms with Gasteiger partial charge in [-0.25, -0.2) is 12.8 Å². The maximum absolute atomic E-state index is 13.8. The van der Waals surface area contributed by atoms with Crippen molar-refractivity contribution >= 4 is 10.0 Å². The quantitative estimate of drug-likeness (QED) is 0.930. The molecule has 0 radical (unpaired) electrons. The van der Waals surface area contributed by atoms with Crippen LogP contribution in [-0.2, 0) is 16.6 Å². The van der Waals surface area contributed by atoms with Crippen molar-refractivity contribution in [2.45, 2.75) is 38.2 Å². The molecule has 1 aromatic rings. The summed E-state index contributed by atoms with van der Waals surface area (Å²) < 4.78 is 40.1. The van der Waals surface area contributed by atoms with Crippen molar-refractivity contribution in [1.29, 1.82) is 0 Å². The van der Waals surface area contributed by atoms with Gasteiger partial charge in [0.1, 0.15) is 10.7 Å². The van der Waals surface area contributed by atoms with E-state index >= 15 is 0 Å². The summed E-state index contributed by atoms with van der Waals surface area (Å²) in [7, 11) is -3.83. The Morgan fingerprint density at radius 3 is 2.45 bits per heavy atom. The van der Waals surface area contributed by atoms with Gasteiger partial charge in [0.2, 0.25) is 10.0 Å². The first-order valence-electron chi connectivity index (χ1n) is 6.66. The van der Waals surface area contributed by atoms with Crippen molar-refractivity contribution in [1.82, 2.24) is 4.31 Å². The van der Waals surface area contributed by atoms with Crippen LogP contribution >= 0.6 is 0 Å². The standard InChI is InChI=1S/C14H20FNO3S/c1-14(2)5-7-16(8-6-14)20(18,19)13-9-11(10-17)3-4-12(13)15/h3-4,9,17H,5-8,10H2,1-2H3. The molecule has 1 aromatic carbocycles. The van der Waals surface area contributed by atoms with Gasteiger partial charge in [-0.05, 0) is 36.0 Å². The fourth-order valence-electron chi connectivity index (χ4n) is 2.31. The molecule has 1 saturated heterocycles. The zero-order valence-corrected chi connectivity index (χ0v) is 12.6. The molecule has 112 valence electrons. The lowest BCUT2D eigenvalue weighted by Gasteiger charge is -2.36. The van der Waals surface area contributed by atoms with Crippen LogP contribution in [0.1, 0.15) is 32.3 Å². The van der Waals surface area contributed by atoms with Crippen LogP contribution < -0.4 is 0 Å².